The highest BCUT2D eigenvalue weighted by Crippen LogP contribution is 2.15. The van der Waals surface area contributed by atoms with Crippen LogP contribution in [-0.4, -0.2) is 22.2 Å². The quantitative estimate of drug-likeness (QED) is 0.623. The highest BCUT2D eigenvalue weighted by atomic mass is 32.2. The summed E-state index contributed by atoms with van der Waals surface area (Å²) in [5, 5.41) is 9.88. The van der Waals surface area contributed by atoms with Gasteiger partial charge in [-0.15, -0.1) is 0 Å². The molecule has 2 atom stereocenters. The van der Waals surface area contributed by atoms with Crippen molar-refractivity contribution in [2.75, 3.05) is 12.9 Å². The second kappa shape index (κ2) is 7.04. The van der Waals surface area contributed by atoms with Gasteiger partial charge in [-0.3, -0.25) is 4.21 Å². The predicted octanol–water partition coefficient (Wildman–Crippen LogP) is 2.14. The van der Waals surface area contributed by atoms with Crippen LogP contribution in [-0.2, 0) is 15.5 Å². The highest BCUT2D eigenvalue weighted by Gasteiger charge is 2.12. The highest BCUT2D eigenvalue weighted by molar-refractivity contribution is 7.89. The van der Waals surface area contributed by atoms with Crippen molar-refractivity contribution in [1.82, 2.24) is 0 Å². The van der Waals surface area contributed by atoms with E-state index in [2.05, 4.69) is 6.58 Å². The number of aliphatic hydroxyl groups is 1. The molecule has 0 fully saturated rings. The molecule has 0 amide bonds. The molecular weight excluding hydrogens is 236 g/mol. The molecular formula is C13H16O3S. The van der Waals surface area contributed by atoms with Gasteiger partial charge in [0.1, 0.15) is 0 Å². The third-order valence-corrected chi connectivity index (χ3v) is 3.52. The number of hydrogen-bond acceptors (Lipinski definition) is 3. The molecule has 17 heavy (non-hydrogen) atoms. The zero-order valence-corrected chi connectivity index (χ0v) is 10.5. The smallest absolute Gasteiger partial charge is 0.0908 e. The molecule has 92 valence electrons. The van der Waals surface area contributed by atoms with Crippen molar-refractivity contribution in [3.63, 3.8) is 0 Å². The fourth-order valence-electron chi connectivity index (χ4n) is 1.24. The maximum atomic E-state index is 11.8. The van der Waals surface area contributed by atoms with Gasteiger partial charge in [0.25, 0.3) is 0 Å². The topological polar surface area (TPSA) is 46.5 Å². The van der Waals surface area contributed by atoms with Crippen LogP contribution in [0.2, 0.25) is 0 Å². The van der Waals surface area contributed by atoms with Crippen LogP contribution in [0, 0.1) is 0 Å². The zero-order valence-electron chi connectivity index (χ0n) is 9.70. The summed E-state index contributed by atoms with van der Waals surface area (Å²) in [5.74, 6) is 0.136. The number of ether oxygens (including phenoxy) is 1. The standard InChI is InChI=1S/C13H16O3S/c1-11(8-9-16-2)17(15)10-13(14)12-6-4-3-5-7-12/h3-9,13-14H,1,10H2,2H3/b9-8+/t13-,17?/m1/s1. The molecule has 1 aromatic carbocycles. The summed E-state index contributed by atoms with van der Waals surface area (Å²) in [6.45, 7) is 3.66. The summed E-state index contributed by atoms with van der Waals surface area (Å²) in [5.41, 5.74) is 0.754. The molecule has 0 saturated heterocycles. The number of rotatable bonds is 6. The third kappa shape index (κ3) is 4.54. The first kappa shape index (κ1) is 13.7. The second-order valence-electron chi connectivity index (χ2n) is 3.44. The van der Waals surface area contributed by atoms with Crippen molar-refractivity contribution in [2.24, 2.45) is 0 Å². The summed E-state index contributed by atoms with van der Waals surface area (Å²) in [7, 11) is 0.197. The molecule has 3 nitrogen and oxygen atoms in total. The van der Waals surface area contributed by atoms with Crippen molar-refractivity contribution < 1.29 is 14.1 Å². The van der Waals surface area contributed by atoms with Crippen LogP contribution in [0.3, 0.4) is 0 Å². The average Bonchev–Trinajstić information content (AvgIpc) is 2.36. The Balaban J connectivity index is 2.57. The van der Waals surface area contributed by atoms with E-state index in [1.54, 1.807) is 12.1 Å². The van der Waals surface area contributed by atoms with Crippen molar-refractivity contribution in [2.45, 2.75) is 6.10 Å². The molecule has 1 unspecified atom stereocenters. The first-order chi connectivity index (χ1) is 8.15. The van der Waals surface area contributed by atoms with Gasteiger partial charge in [-0.2, -0.15) is 0 Å². The van der Waals surface area contributed by atoms with E-state index in [-0.39, 0.29) is 5.75 Å². The summed E-state index contributed by atoms with van der Waals surface area (Å²) in [6.07, 6.45) is 2.20. The van der Waals surface area contributed by atoms with Crippen molar-refractivity contribution >= 4 is 10.8 Å². The summed E-state index contributed by atoms with van der Waals surface area (Å²) < 4.78 is 16.5. The molecule has 4 heteroatoms. The van der Waals surface area contributed by atoms with Gasteiger partial charge >= 0.3 is 0 Å². The van der Waals surface area contributed by atoms with E-state index in [0.29, 0.717) is 4.91 Å². The minimum atomic E-state index is -1.31. The predicted molar refractivity (Wildman–Crippen MR) is 69.7 cm³/mol. The van der Waals surface area contributed by atoms with Gasteiger partial charge in [0.05, 0.1) is 36.0 Å². The van der Waals surface area contributed by atoms with Gasteiger partial charge in [0, 0.05) is 4.91 Å². The van der Waals surface area contributed by atoms with Crippen LogP contribution in [0.4, 0.5) is 0 Å². The van der Waals surface area contributed by atoms with Gasteiger partial charge < -0.3 is 9.84 Å². The van der Waals surface area contributed by atoms with Gasteiger partial charge in [-0.25, -0.2) is 0 Å². The summed E-state index contributed by atoms with van der Waals surface area (Å²) >= 11 is 0. The monoisotopic (exact) mass is 252 g/mol. The third-order valence-electron chi connectivity index (χ3n) is 2.18. The summed E-state index contributed by atoms with van der Waals surface area (Å²) in [4.78, 5) is 0.432. The van der Waals surface area contributed by atoms with E-state index < -0.39 is 16.9 Å². The number of aliphatic hydroxyl groups excluding tert-OH is 1. The first-order valence-electron chi connectivity index (χ1n) is 5.14. The molecule has 0 spiro atoms. The number of allylic oxidation sites excluding steroid dienone is 1. The number of methoxy groups -OCH3 is 1. The van der Waals surface area contributed by atoms with Crippen molar-refractivity contribution in [1.29, 1.82) is 0 Å². The van der Waals surface area contributed by atoms with Crippen LogP contribution in [0.15, 0.2) is 54.2 Å². The Morgan fingerprint density at radius 3 is 2.76 bits per heavy atom. The van der Waals surface area contributed by atoms with Crippen LogP contribution in [0.1, 0.15) is 11.7 Å². The summed E-state index contributed by atoms with van der Waals surface area (Å²) in [6, 6.07) is 9.14. The minimum Gasteiger partial charge on any atom is -0.504 e. The number of hydrogen-bond donors (Lipinski definition) is 1. The lowest BCUT2D eigenvalue weighted by Crippen LogP contribution is -2.09. The molecule has 1 rings (SSSR count). The Morgan fingerprint density at radius 2 is 2.18 bits per heavy atom. The zero-order chi connectivity index (χ0) is 12.7. The van der Waals surface area contributed by atoms with E-state index >= 15 is 0 Å². The lowest BCUT2D eigenvalue weighted by molar-refractivity contribution is 0.203. The Morgan fingerprint density at radius 1 is 1.53 bits per heavy atom. The average molecular weight is 252 g/mol. The normalized spacial score (nSPS) is 14.5. The fraction of sp³-hybridized carbons (Fsp3) is 0.231. The van der Waals surface area contributed by atoms with Crippen molar-refractivity contribution in [3.8, 4) is 0 Å². The van der Waals surface area contributed by atoms with E-state index in [4.69, 9.17) is 4.74 Å². The maximum Gasteiger partial charge on any atom is 0.0908 e. The molecule has 0 aliphatic heterocycles. The molecule has 0 saturated carbocycles. The molecule has 1 N–H and O–H groups in total. The fourth-order valence-corrected chi connectivity index (χ4v) is 2.14. The van der Waals surface area contributed by atoms with Crippen LogP contribution < -0.4 is 0 Å². The van der Waals surface area contributed by atoms with E-state index in [1.165, 1.54) is 19.4 Å². The van der Waals surface area contributed by atoms with Gasteiger partial charge in [0.15, 0.2) is 0 Å². The number of benzene rings is 1. The molecule has 1 aromatic rings. The lowest BCUT2D eigenvalue weighted by atomic mass is 10.1. The molecule has 0 aliphatic rings. The molecule has 0 radical (unpaired) electrons. The first-order valence-corrected chi connectivity index (χ1v) is 6.46. The largest absolute Gasteiger partial charge is 0.504 e. The molecule has 0 bridgehead atoms. The van der Waals surface area contributed by atoms with E-state index in [1.807, 2.05) is 18.2 Å². The Hall–Kier alpha value is -1.39. The lowest BCUT2D eigenvalue weighted by Gasteiger charge is -2.10. The Labute approximate surface area is 104 Å². The molecule has 0 heterocycles. The van der Waals surface area contributed by atoms with E-state index in [0.717, 1.165) is 5.56 Å². The SMILES string of the molecule is C=C(/C=C/OC)S(=O)C[C@@H](O)c1ccccc1. The Bertz CT molecular complexity index is 412. The van der Waals surface area contributed by atoms with Gasteiger partial charge in [0.2, 0.25) is 0 Å². The molecule has 0 aromatic heterocycles. The Kier molecular flexibility index (Phi) is 5.66. The van der Waals surface area contributed by atoms with Crippen molar-refractivity contribution in [3.05, 3.63) is 59.7 Å². The van der Waals surface area contributed by atoms with E-state index in [9.17, 15) is 9.32 Å². The molecule has 0 aliphatic carbocycles. The van der Waals surface area contributed by atoms with Crippen LogP contribution >= 0.6 is 0 Å². The maximum absolute atomic E-state index is 11.8. The van der Waals surface area contributed by atoms with Gasteiger partial charge in [-0.05, 0) is 11.6 Å². The van der Waals surface area contributed by atoms with Gasteiger partial charge in [-0.1, -0.05) is 36.9 Å². The van der Waals surface area contributed by atoms with Crippen LogP contribution in [0.5, 0.6) is 0 Å². The minimum absolute atomic E-state index is 0.136. The van der Waals surface area contributed by atoms with Crippen LogP contribution in [0.25, 0.3) is 0 Å². The second-order valence-corrected chi connectivity index (χ2v) is 4.99.